The fourth-order valence-electron chi connectivity index (χ4n) is 3.52. The summed E-state index contributed by atoms with van der Waals surface area (Å²) in [6.07, 6.45) is 13.4. The van der Waals surface area contributed by atoms with E-state index in [-0.39, 0.29) is 0 Å². The van der Waals surface area contributed by atoms with Gasteiger partial charge < -0.3 is 0 Å². The molecule has 3 aromatic rings. The minimum absolute atomic E-state index is 1.01. The lowest BCUT2D eigenvalue weighted by Gasteiger charge is -2.10. The molecule has 0 amide bonds. The molecule has 26 heavy (non-hydrogen) atoms. The Labute approximate surface area is 168 Å². The Morgan fingerprint density at radius 1 is 0.962 bits per heavy atom. The van der Waals surface area contributed by atoms with Crippen molar-refractivity contribution in [3.8, 4) is 0 Å². The fraction of sp³-hybridized carbons (Fsp3) is 0.120. The normalized spacial score (nSPS) is 16.5. The zero-order valence-corrected chi connectivity index (χ0v) is 17.0. The topological polar surface area (TPSA) is 0 Å². The van der Waals surface area contributed by atoms with Crippen molar-refractivity contribution < 1.29 is 0 Å². The standard InChI is InChI=1S/C25H21I/c1-2-5-20(16-18-8-13-23(26)14-9-18)21-12-15-25-22(17-21)11-10-19-6-3-4-7-24(19)25/h3-8,10-17H,2,9H2,1H3/b18-16-,20-5+. The summed E-state index contributed by atoms with van der Waals surface area (Å²) in [4.78, 5) is 0. The number of hydrogen-bond acceptors (Lipinski definition) is 0. The number of rotatable bonds is 3. The molecule has 0 spiro atoms. The Kier molecular flexibility index (Phi) is 5.07. The average Bonchev–Trinajstić information content (AvgIpc) is 2.69. The summed E-state index contributed by atoms with van der Waals surface area (Å²) in [7, 11) is 0. The smallest absolute Gasteiger partial charge is 0.00934 e. The highest BCUT2D eigenvalue weighted by molar-refractivity contribution is 14.1. The number of benzene rings is 3. The van der Waals surface area contributed by atoms with Crippen LogP contribution in [0.5, 0.6) is 0 Å². The second-order valence-corrected chi connectivity index (χ2v) is 7.88. The molecule has 1 heteroatoms. The highest BCUT2D eigenvalue weighted by Gasteiger charge is 2.06. The molecule has 0 bridgehead atoms. The first-order valence-electron chi connectivity index (χ1n) is 9.11. The summed E-state index contributed by atoms with van der Waals surface area (Å²) < 4.78 is 1.32. The van der Waals surface area contributed by atoms with Gasteiger partial charge in [-0.3, -0.25) is 0 Å². The van der Waals surface area contributed by atoms with Crippen molar-refractivity contribution in [2.24, 2.45) is 0 Å². The second kappa shape index (κ2) is 7.63. The molecule has 0 unspecified atom stereocenters. The van der Waals surface area contributed by atoms with Gasteiger partial charge in [0.15, 0.2) is 0 Å². The van der Waals surface area contributed by atoms with Crippen LogP contribution in [-0.2, 0) is 0 Å². The molecule has 0 N–H and O–H groups in total. The lowest BCUT2D eigenvalue weighted by molar-refractivity contribution is 1.22. The van der Waals surface area contributed by atoms with Crippen LogP contribution in [0.3, 0.4) is 0 Å². The third kappa shape index (κ3) is 3.54. The molecule has 1 aliphatic rings. The van der Waals surface area contributed by atoms with Gasteiger partial charge in [0.2, 0.25) is 0 Å². The van der Waals surface area contributed by atoms with E-state index < -0.39 is 0 Å². The van der Waals surface area contributed by atoms with E-state index in [2.05, 4.69) is 114 Å². The molecule has 0 nitrogen and oxygen atoms in total. The van der Waals surface area contributed by atoms with Crippen LogP contribution in [0.25, 0.3) is 27.1 Å². The van der Waals surface area contributed by atoms with Gasteiger partial charge in [-0.15, -0.1) is 0 Å². The van der Waals surface area contributed by atoms with E-state index >= 15 is 0 Å². The lowest BCUT2D eigenvalue weighted by atomic mass is 9.95. The van der Waals surface area contributed by atoms with E-state index in [9.17, 15) is 0 Å². The molecule has 0 saturated carbocycles. The van der Waals surface area contributed by atoms with Crippen LogP contribution in [0.2, 0.25) is 0 Å². The van der Waals surface area contributed by atoms with Gasteiger partial charge in [0.1, 0.15) is 0 Å². The Bertz CT molecular complexity index is 1090. The molecule has 128 valence electrons. The second-order valence-electron chi connectivity index (χ2n) is 6.64. The highest BCUT2D eigenvalue weighted by atomic mass is 127. The highest BCUT2D eigenvalue weighted by Crippen LogP contribution is 2.30. The van der Waals surface area contributed by atoms with Gasteiger partial charge in [-0.05, 0) is 85.8 Å². The van der Waals surface area contributed by atoms with E-state index in [4.69, 9.17) is 0 Å². The summed E-state index contributed by atoms with van der Waals surface area (Å²) in [5.41, 5.74) is 3.97. The van der Waals surface area contributed by atoms with Gasteiger partial charge in [0.25, 0.3) is 0 Å². The molecule has 0 radical (unpaired) electrons. The van der Waals surface area contributed by atoms with Gasteiger partial charge in [-0.1, -0.05) is 79.8 Å². The molecular formula is C25H21I. The monoisotopic (exact) mass is 448 g/mol. The quantitative estimate of drug-likeness (QED) is 0.281. The molecule has 1 aliphatic carbocycles. The maximum Gasteiger partial charge on any atom is 0.00934 e. The summed E-state index contributed by atoms with van der Waals surface area (Å²) in [5, 5.41) is 5.25. The molecule has 0 aliphatic heterocycles. The van der Waals surface area contributed by atoms with E-state index in [0.717, 1.165) is 12.8 Å². The largest absolute Gasteiger partial charge is 0.0769 e. The predicted molar refractivity (Wildman–Crippen MR) is 124 cm³/mol. The van der Waals surface area contributed by atoms with Crippen molar-refractivity contribution in [2.75, 3.05) is 0 Å². The van der Waals surface area contributed by atoms with Crippen molar-refractivity contribution in [1.29, 1.82) is 0 Å². The molecular weight excluding hydrogens is 427 g/mol. The zero-order chi connectivity index (χ0) is 17.9. The molecule has 0 heterocycles. The Hall–Kier alpha value is -2.13. The minimum atomic E-state index is 1.01. The molecule has 0 fully saturated rings. The van der Waals surface area contributed by atoms with E-state index in [1.807, 2.05) is 0 Å². The van der Waals surface area contributed by atoms with Gasteiger partial charge >= 0.3 is 0 Å². The molecule has 3 aromatic carbocycles. The van der Waals surface area contributed by atoms with Crippen molar-refractivity contribution in [1.82, 2.24) is 0 Å². The van der Waals surface area contributed by atoms with Crippen molar-refractivity contribution in [3.05, 3.63) is 99.7 Å². The van der Waals surface area contributed by atoms with E-state index in [1.165, 1.54) is 41.8 Å². The van der Waals surface area contributed by atoms with E-state index in [1.54, 1.807) is 0 Å². The van der Waals surface area contributed by atoms with Crippen LogP contribution in [0.1, 0.15) is 25.3 Å². The third-order valence-corrected chi connectivity index (χ3v) is 5.63. The molecule has 0 aromatic heterocycles. The van der Waals surface area contributed by atoms with E-state index in [0.29, 0.717) is 0 Å². The first-order chi connectivity index (χ1) is 12.7. The Morgan fingerprint density at radius 2 is 1.77 bits per heavy atom. The van der Waals surface area contributed by atoms with Crippen LogP contribution in [-0.4, -0.2) is 0 Å². The van der Waals surface area contributed by atoms with Crippen LogP contribution in [0, 0.1) is 0 Å². The fourth-order valence-corrected chi connectivity index (χ4v) is 3.92. The van der Waals surface area contributed by atoms with Crippen molar-refractivity contribution in [3.63, 3.8) is 0 Å². The first kappa shape index (κ1) is 17.3. The van der Waals surface area contributed by atoms with Gasteiger partial charge in [-0.25, -0.2) is 0 Å². The maximum atomic E-state index is 2.38. The summed E-state index contributed by atoms with van der Waals surface area (Å²) in [6.45, 7) is 2.20. The van der Waals surface area contributed by atoms with Crippen molar-refractivity contribution >= 4 is 49.7 Å². The van der Waals surface area contributed by atoms with Crippen LogP contribution < -0.4 is 0 Å². The van der Waals surface area contributed by atoms with Crippen LogP contribution in [0.4, 0.5) is 0 Å². The average molecular weight is 448 g/mol. The van der Waals surface area contributed by atoms with Crippen LogP contribution in [0.15, 0.2) is 94.1 Å². The number of allylic oxidation sites excluding steroid dienone is 8. The Morgan fingerprint density at radius 3 is 2.58 bits per heavy atom. The SMILES string of the molecule is CC/C=C(\C=C1\C=CC(I)=CC1)c1ccc2c(ccc3ccccc32)c1. The zero-order valence-electron chi connectivity index (χ0n) is 14.9. The Balaban J connectivity index is 1.78. The molecule has 0 atom stereocenters. The lowest BCUT2D eigenvalue weighted by Crippen LogP contribution is -1.88. The third-order valence-electron chi connectivity index (χ3n) is 4.83. The molecule has 4 rings (SSSR count). The predicted octanol–water partition coefficient (Wildman–Crippen LogP) is 7.99. The summed E-state index contributed by atoms with van der Waals surface area (Å²) in [5.74, 6) is 0. The number of halogens is 1. The summed E-state index contributed by atoms with van der Waals surface area (Å²) in [6, 6.07) is 19.9. The molecule has 0 saturated heterocycles. The number of fused-ring (bicyclic) bond motifs is 3. The number of hydrogen-bond donors (Lipinski definition) is 0. The van der Waals surface area contributed by atoms with Crippen LogP contribution >= 0.6 is 22.6 Å². The first-order valence-corrected chi connectivity index (χ1v) is 10.2. The van der Waals surface area contributed by atoms with Gasteiger partial charge in [0, 0.05) is 3.58 Å². The minimum Gasteiger partial charge on any atom is -0.0769 e. The van der Waals surface area contributed by atoms with Gasteiger partial charge in [0.05, 0.1) is 0 Å². The summed E-state index contributed by atoms with van der Waals surface area (Å²) >= 11 is 2.38. The maximum absolute atomic E-state index is 2.38. The van der Waals surface area contributed by atoms with Crippen molar-refractivity contribution in [2.45, 2.75) is 19.8 Å². The van der Waals surface area contributed by atoms with Gasteiger partial charge in [-0.2, -0.15) is 0 Å².